The molecule has 0 fully saturated rings. The first-order valence-electron chi connectivity index (χ1n) is 7.00. The monoisotopic (exact) mass is 275 g/mol. The Labute approximate surface area is 122 Å². The summed E-state index contributed by atoms with van der Waals surface area (Å²) in [5.74, 6) is -0.115. The molecule has 1 heterocycles. The summed E-state index contributed by atoms with van der Waals surface area (Å²) < 4.78 is 0. The number of hydrogen-bond donors (Lipinski definition) is 1. The minimum absolute atomic E-state index is 0.0365. The summed E-state index contributed by atoms with van der Waals surface area (Å²) >= 11 is 0. The number of pyridine rings is 1. The Balaban J connectivity index is 1.87. The number of rotatable bonds is 1. The van der Waals surface area contributed by atoms with Crippen LogP contribution >= 0.6 is 0 Å². The third-order valence-corrected chi connectivity index (χ3v) is 4.00. The Morgan fingerprint density at radius 1 is 1.05 bits per heavy atom. The van der Waals surface area contributed by atoms with Crippen LogP contribution in [0, 0.1) is 0 Å². The molecule has 2 aromatic rings. The summed E-state index contributed by atoms with van der Waals surface area (Å²) in [5.41, 5.74) is 4.09. The molecule has 1 aromatic carbocycles. The van der Waals surface area contributed by atoms with Gasteiger partial charge in [0.2, 0.25) is 0 Å². The van der Waals surface area contributed by atoms with E-state index in [0.29, 0.717) is 22.4 Å². The minimum Gasteiger partial charge on any atom is -0.506 e. The van der Waals surface area contributed by atoms with Crippen LogP contribution in [0.15, 0.2) is 42.5 Å². The van der Waals surface area contributed by atoms with E-state index < -0.39 is 0 Å². The van der Waals surface area contributed by atoms with Crippen molar-refractivity contribution in [2.45, 2.75) is 12.8 Å². The fourth-order valence-corrected chi connectivity index (χ4v) is 2.94. The molecule has 0 aliphatic heterocycles. The number of carbonyl (C=O) groups excluding carboxylic acids is 1. The number of aliphatic hydroxyl groups is 1. The number of hydrogen-bond acceptors (Lipinski definition) is 3. The molecule has 21 heavy (non-hydrogen) atoms. The Morgan fingerprint density at radius 3 is 2.67 bits per heavy atom. The van der Waals surface area contributed by atoms with Crippen LogP contribution < -0.4 is 0 Å². The lowest BCUT2D eigenvalue weighted by atomic mass is 10.00. The van der Waals surface area contributed by atoms with Crippen LogP contribution in [0.3, 0.4) is 0 Å². The van der Waals surface area contributed by atoms with Gasteiger partial charge in [0, 0.05) is 16.8 Å². The van der Waals surface area contributed by atoms with Gasteiger partial charge in [0.15, 0.2) is 5.78 Å². The molecular formula is C18H13NO2. The maximum absolute atomic E-state index is 12.5. The first-order chi connectivity index (χ1) is 10.3. The van der Waals surface area contributed by atoms with Crippen molar-refractivity contribution < 1.29 is 9.90 Å². The standard InChI is InChI=1S/C18H13NO2/c20-17-12-6-2-3-7-13(12)18(21)16(17)15-10-9-11-5-1-4-8-14(11)19-15/h1-3,5-7,9-10,20H,4,8H2. The molecule has 3 nitrogen and oxygen atoms in total. The zero-order valence-electron chi connectivity index (χ0n) is 11.3. The van der Waals surface area contributed by atoms with E-state index in [4.69, 9.17) is 0 Å². The summed E-state index contributed by atoms with van der Waals surface area (Å²) in [7, 11) is 0. The summed E-state index contributed by atoms with van der Waals surface area (Å²) in [6.45, 7) is 0. The number of benzene rings is 1. The number of fused-ring (bicyclic) bond motifs is 2. The quantitative estimate of drug-likeness (QED) is 0.864. The van der Waals surface area contributed by atoms with E-state index in [9.17, 15) is 9.90 Å². The number of Topliss-reactive ketones (excluding diaryl/α,β-unsaturated/α-hetero) is 1. The smallest absolute Gasteiger partial charge is 0.199 e. The lowest BCUT2D eigenvalue weighted by molar-refractivity contribution is 0.105. The van der Waals surface area contributed by atoms with Gasteiger partial charge < -0.3 is 5.11 Å². The van der Waals surface area contributed by atoms with Crippen molar-refractivity contribution in [1.82, 2.24) is 4.98 Å². The van der Waals surface area contributed by atoms with Gasteiger partial charge in [-0.3, -0.25) is 9.78 Å². The van der Waals surface area contributed by atoms with Crippen LogP contribution in [0.5, 0.6) is 0 Å². The fraction of sp³-hybridized carbons (Fsp3) is 0.111. The number of aliphatic hydroxyl groups excluding tert-OH is 1. The lowest BCUT2D eigenvalue weighted by Gasteiger charge is -2.11. The van der Waals surface area contributed by atoms with Crippen molar-refractivity contribution in [3.05, 3.63) is 70.6 Å². The van der Waals surface area contributed by atoms with E-state index in [0.717, 1.165) is 24.1 Å². The molecule has 0 amide bonds. The summed E-state index contributed by atoms with van der Waals surface area (Å²) in [5, 5.41) is 10.4. The second-order valence-electron chi connectivity index (χ2n) is 5.27. The summed E-state index contributed by atoms with van der Waals surface area (Å²) in [6.07, 6.45) is 6.00. The maximum atomic E-state index is 12.5. The SMILES string of the molecule is O=C1C(c2ccc3c(n2)CCC=C3)=C(O)c2ccccc21. The Kier molecular flexibility index (Phi) is 2.54. The molecule has 102 valence electrons. The molecular weight excluding hydrogens is 262 g/mol. The van der Waals surface area contributed by atoms with Crippen molar-refractivity contribution >= 4 is 23.2 Å². The summed E-state index contributed by atoms with van der Waals surface area (Å²) in [4.78, 5) is 17.1. The van der Waals surface area contributed by atoms with Crippen molar-refractivity contribution in [3.63, 3.8) is 0 Å². The average Bonchev–Trinajstić information content (AvgIpc) is 2.79. The summed E-state index contributed by atoms with van der Waals surface area (Å²) in [6, 6.07) is 10.9. The zero-order valence-corrected chi connectivity index (χ0v) is 11.3. The van der Waals surface area contributed by atoms with E-state index in [1.807, 2.05) is 18.2 Å². The second kappa shape index (κ2) is 4.42. The van der Waals surface area contributed by atoms with Gasteiger partial charge in [0.1, 0.15) is 5.76 Å². The van der Waals surface area contributed by atoms with Gasteiger partial charge in [-0.15, -0.1) is 0 Å². The van der Waals surface area contributed by atoms with Crippen LogP contribution in [-0.2, 0) is 6.42 Å². The second-order valence-corrected chi connectivity index (χ2v) is 5.27. The normalized spacial score (nSPS) is 16.1. The number of aryl methyl sites for hydroxylation is 1. The van der Waals surface area contributed by atoms with Crippen LogP contribution in [0.1, 0.15) is 39.3 Å². The number of allylic oxidation sites excluding steroid dienone is 2. The van der Waals surface area contributed by atoms with Gasteiger partial charge in [0.25, 0.3) is 0 Å². The Morgan fingerprint density at radius 2 is 1.86 bits per heavy atom. The minimum atomic E-state index is -0.151. The molecule has 0 unspecified atom stereocenters. The van der Waals surface area contributed by atoms with Gasteiger partial charge in [-0.05, 0) is 24.5 Å². The predicted molar refractivity (Wildman–Crippen MR) is 81.8 cm³/mol. The van der Waals surface area contributed by atoms with E-state index in [-0.39, 0.29) is 11.5 Å². The molecule has 2 aliphatic carbocycles. The highest BCUT2D eigenvalue weighted by molar-refractivity contribution is 6.38. The van der Waals surface area contributed by atoms with Crippen molar-refractivity contribution in [3.8, 4) is 0 Å². The number of nitrogens with zero attached hydrogens (tertiary/aromatic N) is 1. The topological polar surface area (TPSA) is 50.2 Å². The van der Waals surface area contributed by atoms with Crippen molar-refractivity contribution in [1.29, 1.82) is 0 Å². The van der Waals surface area contributed by atoms with Crippen molar-refractivity contribution in [2.75, 3.05) is 0 Å². The number of aromatic nitrogens is 1. The average molecular weight is 275 g/mol. The highest BCUT2D eigenvalue weighted by Gasteiger charge is 2.31. The molecule has 0 bridgehead atoms. The third kappa shape index (κ3) is 1.74. The molecule has 1 N–H and O–H groups in total. The first-order valence-corrected chi connectivity index (χ1v) is 7.00. The van der Waals surface area contributed by atoms with Crippen LogP contribution in [-0.4, -0.2) is 15.9 Å². The maximum Gasteiger partial charge on any atom is 0.199 e. The largest absolute Gasteiger partial charge is 0.506 e. The Bertz CT molecular complexity index is 831. The molecule has 0 spiro atoms. The molecule has 0 radical (unpaired) electrons. The highest BCUT2D eigenvalue weighted by Crippen LogP contribution is 2.36. The molecule has 3 heteroatoms. The van der Waals surface area contributed by atoms with Gasteiger partial charge in [-0.25, -0.2) is 0 Å². The van der Waals surface area contributed by atoms with Crippen LogP contribution in [0.4, 0.5) is 0 Å². The number of ketones is 1. The van der Waals surface area contributed by atoms with Gasteiger partial charge >= 0.3 is 0 Å². The molecule has 4 rings (SSSR count). The van der Waals surface area contributed by atoms with E-state index in [2.05, 4.69) is 17.1 Å². The molecule has 2 aliphatic rings. The van der Waals surface area contributed by atoms with E-state index >= 15 is 0 Å². The zero-order chi connectivity index (χ0) is 14.4. The van der Waals surface area contributed by atoms with Gasteiger partial charge in [-0.2, -0.15) is 0 Å². The van der Waals surface area contributed by atoms with Gasteiger partial charge in [0.05, 0.1) is 11.3 Å². The molecule has 0 atom stereocenters. The van der Waals surface area contributed by atoms with Crippen LogP contribution in [0.25, 0.3) is 17.4 Å². The predicted octanol–water partition coefficient (Wildman–Crippen LogP) is 3.66. The molecule has 1 aromatic heterocycles. The van der Waals surface area contributed by atoms with Gasteiger partial charge in [-0.1, -0.05) is 42.5 Å². The molecule has 0 saturated carbocycles. The van der Waals surface area contributed by atoms with E-state index in [1.165, 1.54) is 0 Å². The lowest BCUT2D eigenvalue weighted by Crippen LogP contribution is -2.05. The fourth-order valence-electron chi connectivity index (χ4n) is 2.94. The van der Waals surface area contributed by atoms with Crippen molar-refractivity contribution in [2.24, 2.45) is 0 Å². The Hall–Kier alpha value is -2.68. The third-order valence-electron chi connectivity index (χ3n) is 4.00. The highest BCUT2D eigenvalue weighted by atomic mass is 16.3. The van der Waals surface area contributed by atoms with Crippen LogP contribution in [0.2, 0.25) is 0 Å². The van der Waals surface area contributed by atoms with E-state index in [1.54, 1.807) is 18.2 Å². The number of carbonyl (C=O) groups is 1. The first kappa shape index (κ1) is 12.1. The molecule has 0 saturated heterocycles.